The average molecular weight is 479 g/mol. The van der Waals surface area contributed by atoms with Crippen LogP contribution in [0.15, 0.2) is 91.6 Å². The van der Waals surface area contributed by atoms with Gasteiger partial charge in [-0.3, -0.25) is 14.8 Å². The third kappa shape index (κ3) is 5.81. The van der Waals surface area contributed by atoms with Crippen molar-refractivity contribution in [2.45, 2.75) is 33.1 Å². The Morgan fingerprint density at radius 1 is 1.17 bits per heavy atom. The lowest BCUT2D eigenvalue weighted by molar-refractivity contribution is -0.127. The van der Waals surface area contributed by atoms with Crippen molar-refractivity contribution < 1.29 is 4.79 Å². The molecule has 0 aliphatic carbocycles. The first-order valence-electron chi connectivity index (χ1n) is 12.4. The average Bonchev–Trinajstić information content (AvgIpc) is 2.89. The number of likely N-dealkylation sites (tertiary alicyclic amines) is 1. The predicted octanol–water partition coefficient (Wildman–Crippen LogP) is 6.59. The zero-order chi connectivity index (χ0) is 25.7. The summed E-state index contributed by atoms with van der Waals surface area (Å²) in [6.45, 7) is 15.3. The first kappa shape index (κ1) is 25.2. The number of rotatable bonds is 6. The fourth-order valence-corrected chi connectivity index (χ4v) is 4.60. The number of carbonyl (C=O) groups is 1. The van der Waals surface area contributed by atoms with Crippen molar-refractivity contribution in [3.8, 4) is 0 Å². The van der Waals surface area contributed by atoms with Crippen LogP contribution in [-0.4, -0.2) is 33.9 Å². The molecule has 1 fully saturated rings. The Bertz CT molecular complexity index is 1320. The molecule has 0 spiro atoms. The molecule has 36 heavy (non-hydrogen) atoms. The third-order valence-electron chi connectivity index (χ3n) is 6.54. The maximum absolute atomic E-state index is 13.1. The molecule has 0 radical (unpaired) electrons. The van der Waals surface area contributed by atoms with Gasteiger partial charge in [0.15, 0.2) is 0 Å². The monoisotopic (exact) mass is 478 g/mol. The van der Waals surface area contributed by atoms with E-state index in [0.717, 1.165) is 40.0 Å². The quantitative estimate of drug-likeness (QED) is 0.321. The van der Waals surface area contributed by atoms with Gasteiger partial charge in [-0.2, -0.15) is 0 Å². The second-order valence-electron chi connectivity index (χ2n) is 10.3. The van der Waals surface area contributed by atoms with Crippen molar-refractivity contribution in [2.75, 3.05) is 18.4 Å². The molecule has 3 heterocycles. The molecular weight excluding hydrogens is 444 g/mol. The molecule has 1 aromatic carbocycles. The van der Waals surface area contributed by atoms with E-state index in [1.165, 1.54) is 0 Å². The number of fused-ring (bicyclic) bond motifs is 1. The summed E-state index contributed by atoms with van der Waals surface area (Å²) in [5.74, 6) is 0.0852. The summed E-state index contributed by atoms with van der Waals surface area (Å²) in [5, 5.41) is 4.61. The van der Waals surface area contributed by atoms with Crippen molar-refractivity contribution in [3.05, 3.63) is 103 Å². The predicted molar refractivity (Wildman–Crippen MR) is 148 cm³/mol. The lowest BCUT2D eigenvalue weighted by Crippen LogP contribution is -2.44. The molecule has 0 bridgehead atoms. The Hall–Kier alpha value is -3.95. The van der Waals surface area contributed by atoms with Crippen LogP contribution in [0.1, 0.15) is 44.4 Å². The van der Waals surface area contributed by atoms with Gasteiger partial charge in [-0.1, -0.05) is 70.3 Å². The maximum atomic E-state index is 13.1. The van der Waals surface area contributed by atoms with E-state index in [9.17, 15) is 4.79 Å². The molecule has 184 valence electrons. The van der Waals surface area contributed by atoms with Gasteiger partial charge >= 0.3 is 0 Å². The molecule has 5 heteroatoms. The van der Waals surface area contributed by atoms with E-state index in [1.54, 1.807) is 18.3 Å². The van der Waals surface area contributed by atoms with Crippen LogP contribution in [0.25, 0.3) is 17.0 Å². The van der Waals surface area contributed by atoms with E-state index < -0.39 is 0 Å². The second kappa shape index (κ2) is 10.8. The summed E-state index contributed by atoms with van der Waals surface area (Å²) in [5.41, 5.74) is 7.68. The number of nitrogens with zero attached hydrogens (tertiary/aromatic N) is 3. The van der Waals surface area contributed by atoms with Gasteiger partial charge in [0.1, 0.15) is 0 Å². The van der Waals surface area contributed by atoms with Crippen LogP contribution in [0.4, 0.5) is 5.69 Å². The molecule has 1 aliphatic rings. The zero-order valence-corrected chi connectivity index (χ0v) is 21.4. The largest absolute Gasteiger partial charge is 0.350 e. The summed E-state index contributed by atoms with van der Waals surface area (Å²) < 4.78 is 0. The molecule has 3 aromatic rings. The number of amides is 1. The molecule has 1 saturated heterocycles. The SMILES string of the molecule is C=C=C(Nc1cccc2cccnc12)[C@@H]1CN(C(=O)/C=C\C(C)(C)C)CC[C@H]1c1ccc(C=C)cn1. The number of anilines is 1. The molecule has 2 atom stereocenters. The molecule has 2 aromatic heterocycles. The molecule has 5 nitrogen and oxygen atoms in total. The minimum Gasteiger partial charge on any atom is -0.350 e. The van der Waals surface area contributed by atoms with Crippen molar-refractivity contribution >= 4 is 28.6 Å². The molecular formula is C31H34N4O. The van der Waals surface area contributed by atoms with Gasteiger partial charge < -0.3 is 10.2 Å². The van der Waals surface area contributed by atoms with Crippen LogP contribution in [0.5, 0.6) is 0 Å². The Balaban J connectivity index is 1.67. The summed E-state index contributed by atoms with van der Waals surface area (Å²) in [4.78, 5) is 24.3. The second-order valence-corrected chi connectivity index (χ2v) is 10.3. The van der Waals surface area contributed by atoms with E-state index >= 15 is 0 Å². The van der Waals surface area contributed by atoms with Crippen molar-refractivity contribution in [3.63, 3.8) is 0 Å². The van der Waals surface area contributed by atoms with Crippen LogP contribution < -0.4 is 5.32 Å². The highest BCUT2D eigenvalue weighted by Crippen LogP contribution is 2.37. The molecule has 0 saturated carbocycles. The minimum absolute atomic E-state index is 0.0265. The first-order valence-corrected chi connectivity index (χ1v) is 12.4. The Morgan fingerprint density at radius 2 is 1.97 bits per heavy atom. The smallest absolute Gasteiger partial charge is 0.246 e. The van der Waals surface area contributed by atoms with Crippen molar-refractivity contribution in [2.24, 2.45) is 11.3 Å². The number of allylic oxidation sites excluding steroid dienone is 1. The highest BCUT2D eigenvalue weighted by molar-refractivity contribution is 5.91. The number of hydrogen-bond donors (Lipinski definition) is 1. The van der Waals surface area contributed by atoms with Crippen LogP contribution in [0.3, 0.4) is 0 Å². The Kier molecular flexibility index (Phi) is 7.52. The number of nitrogens with one attached hydrogen (secondary N) is 1. The lowest BCUT2D eigenvalue weighted by Gasteiger charge is -2.39. The van der Waals surface area contributed by atoms with Crippen molar-refractivity contribution in [1.29, 1.82) is 0 Å². The van der Waals surface area contributed by atoms with Gasteiger partial charge in [-0.25, -0.2) is 0 Å². The van der Waals surface area contributed by atoms with E-state index in [4.69, 9.17) is 4.98 Å². The van der Waals surface area contributed by atoms with Crippen LogP contribution in [0.2, 0.25) is 0 Å². The number of carbonyl (C=O) groups excluding carboxylic acids is 1. The summed E-state index contributed by atoms with van der Waals surface area (Å²) in [6.07, 6.45) is 9.90. The van der Waals surface area contributed by atoms with Gasteiger partial charge in [0.05, 0.1) is 16.9 Å². The number of piperidine rings is 1. The molecule has 4 rings (SSSR count). The van der Waals surface area contributed by atoms with E-state index in [1.807, 2.05) is 53.6 Å². The van der Waals surface area contributed by atoms with Gasteiger partial charge in [-0.05, 0) is 41.7 Å². The number of benzene rings is 1. The van der Waals surface area contributed by atoms with Gasteiger partial charge in [-0.15, -0.1) is 5.73 Å². The number of para-hydroxylation sites is 1. The van der Waals surface area contributed by atoms with E-state index in [-0.39, 0.29) is 23.2 Å². The van der Waals surface area contributed by atoms with E-state index in [2.05, 4.69) is 56.0 Å². The Labute approximate surface area is 214 Å². The van der Waals surface area contributed by atoms with E-state index in [0.29, 0.717) is 13.1 Å². The normalized spacial score (nSPS) is 18.1. The van der Waals surface area contributed by atoms with Crippen LogP contribution in [0, 0.1) is 11.3 Å². The highest BCUT2D eigenvalue weighted by atomic mass is 16.2. The van der Waals surface area contributed by atoms with Gasteiger partial charge in [0.25, 0.3) is 0 Å². The van der Waals surface area contributed by atoms with Crippen LogP contribution >= 0.6 is 0 Å². The minimum atomic E-state index is -0.0562. The fourth-order valence-electron chi connectivity index (χ4n) is 4.60. The summed E-state index contributed by atoms with van der Waals surface area (Å²) in [7, 11) is 0. The first-order chi connectivity index (χ1) is 17.3. The maximum Gasteiger partial charge on any atom is 0.246 e. The molecule has 1 amide bonds. The number of hydrogen-bond acceptors (Lipinski definition) is 4. The molecule has 1 aliphatic heterocycles. The van der Waals surface area contributed by atoms with Crippen molar-refractivity contribution in [1.82, 2.24) is 14.9 Å². The summed E-state index contributed by atoms with van der Waals surface area (Å²) in [6, 6.07) is 14.1. The number of pyridine rings is 2. The zero-order valence-electron chi connectivity index (χ0n) is 21.4. The van der Waals surface area contributed by atoms with Crippen LogP contribution in [-0.2, 0) is 4.79 Å². The summed E-state index contributed by atoms with van der Waals surface area (Å²) >= 11 is 0. The molecule has 0 unspecified atom stereocenters. The number of aromatic nitrogens is 2. The Morgan fingerprint density at radius 3 is 2.67 bits per heavy atom. The standard InChI is InChI=1S/C31H34N4O/c1-6-22-13-14-27(33-20-22)24-16-19-35(29(36)15-17-31(3,4)5)21-25(24)26(7-2)34-28-12-8-10-23-11-9-18-32-30(23)28/h6,8-15,17-18,20,24-25,34H,1-2,16,19,21H2,3-5H3/b17-15-/t24-,25-/m1/s1. The fraction of sp³-hybridized carbons (Fsp3) is 0.290. The topological polar surface area (TPSA) is 58.1 Å². The third-order valence-corrected chi connectivity index (χ3v) is 6.54. The van der Waals surface area contributed by atoms with Gasteiger partial charge in [0.2, 0.25) is 5.91 Å². The highest BCUT2D eigenvalue weighted by Gasteiger charge is 2.35. The molecule has 1 N–H and O–H groups in total. The lowest BCUT2D eigenvalue weighted by atomic mass is 9.80. The van der Waals surface area contributed by atoms with Gasteiger partial charge in [0, 0.05) is 48.4 Å².